The van der Waals surface area contributed by atoms with Gasteiger partial charge in [0.05, 0.1) is 0 Å². The van der Waals surface area contributed by atoms with Gasteiger partial charge in [-0.05, 0) is 12.8 Å². The standard InChI is InChI=1S/2C9H7.C8H13N3O2.Ga.Zr/c2*1-2-5-9-7-3-6-8(9)4-1;12-7(13)6-2-5-11-4-1-3-9-8(11)10-6;;/h2*1-7H;6H,1-5H2,(H,9,10)(H,12,13);;/q2*-1;;;+2. The van der Waals surface area contributed by atoms with Crippen molar-refractivity contribution in [1.82, 2.24) is 10.2 Å². The summed E-state index contributed by atoms with van der Waals surface area (Å²) in [6, 6.07) is 28.9. The number of hydrogen-bond donors (Lipinski definition) is 2. The van der Waals surface area contributed by atoms with Gasteiger partial charge in [-0.1, -0.05) is 12.1 Å². The Labute approximate surface area is 226 Å². The third-order valence-corrected chi connectivity index (χ3v) is 5.53. The molecular formula is C26H27GaN3O2Zr. The van der Waals surface area contributed by atoms with E-state index in [4.69, 9.17) is 5.11 Å². The first-order valence-electron chi connectivity index (χ1n) is 10.7. The Kier molecular flexibility index (Phi) is 11.2. The van der Waals surface area contributed by atoms with Crippen LogP contribution in [0.4, 0.5) is 0 Å². The number of nitrogens with zero attached hydrogens (tertiary/aromatic N) is 2. The van der Waals surface area contributed by atoms with Crippen LogP contribution in [-0.2, 0) is 31.0 Å². The van der Waals surface area contributed by atoms with Crippen LogP contribution in [-0.4, -0.2) is 67.4 Å². The van der Waals surface area contributed by atoms with E-state index in [0.29, 0.717) is 6.42 Å². The van der Waals surface area contributed by atoms with Crippen LogP contribution in [0, 0.1) is 0 Å². The molecule has 1 saturated heterocycles. The maximum absolute atomic E-state index is 10.7. The van der Waals surface area contributed by atoms with Crippen molar-refractivity contribution in [2.24, 2.45) is 4.99 Å². The van der Waals surface area contributed by atoms with Crippen molar-refractivity contribution in [3.05, 3.63) is 84.9 Å². The van der Waals surface area contributed by atoms with Crippen LogP contribution in [0.2, 0.25) is 0 Å². The summed E-state index contributed by atoms with van der Waals surface area (Å²) in [5.41, 5.74) is 0. The molecule has 1 fully saturated rings. The van der Waals surface area contributed by atoms with Gasteiger partial charge in [0, 0.05) is 39.4 Å². The van der Waals surface area contributed by atoms with E-state index in [1.165, 1.54) is 21.5 Å². The van der Waals surface area contributed by atoms with Gasteiger partial charge < -0.3 is 15.3 Å². The summed E-state index contributed by atoms with van der Waals surface area (Å²) in [6.07, 6.45) is 1.73. The smallest absolute Gasteiger partial charge is 0.480 e. The summed E-state index contributed by atoms with van der Waals surface area (Å²) >= 11 is 0. The van der Waals surface area contributed by atoms with Gasteiger partial charge in [0.15, 0.2) is 5.96 Å². The van der Waals surface area contributed by atoms with E-state index in [1.54, 1.807) is 0 Å². The zero-order valence-electron chi connectivity index (χ0n) is 18.5. The molecule has 0 saturated carbocycles. The van der Waals surface area contributed by atoms with Crippen LogP contribution in [0.15, 0.2) is 89.9 Å². The van der Waals surface area contributed by atoms with Gasteiger partial charge in [-0.3, -0.25) is 4.99 Å². The van der Waals surface area contributed by atoms with Gasteiger partial charge in [-0.2, -0.15) is 35.0 Å². The number of carboxylic acids is 1. The summed E-state index contributed by atoms with van der Waals surface area (Å²) in [4.78, 5) is 17.1. The van der Waals surface area contributed by atoms with Crippen LogP contribution in [0.3, 0.4) is 0 Å². The first-order chi connectivity index (χ1) is 15.2. The first-order valence-corrected chi connectivity index (χ1v) is 10.7. The normalized spacial score (nSPS) is 16.3. The second kappa shape index (κ2) is 13.6. The Morgan fingerprint density at radius 3 is 2.06 bits per heavy atom. The predicted molar refractivity (Wildman–Crippen MR) is 133 cm³/mol. The summed E-state index contributed by atoms with van der Waals surface area (Å²) in [5.74, 6) is -0.0159. The Morgan fingerprint density at radius 1 is 0.939 bits per heavy atom. The fourth-order valence-corrected chi connectivity index (χ4v) is 3.85. The van der Waals surface area contributed by atoms with E-state index >= 15 is 0 Å². The number of nitrogens with one attached hydrogen (secondary N) is 1. The number of guanidine groups is 1. The number of benzene rings is 2. The quantitative estimate of drug-likeness (QED) is 0.264. The summed E-state index contributed by atoms with van der Waals surface area (Å²) < 4.78 is 0. The molecule has 0 amide bonds. The molecule has 2 aliphatic rings. The summed E-state index contributed by atoms with van der Waals surface area (Å²) in [7, 11) is 0. The van der Waals surface area contributed by atoms with Crippen molar-refractivity contribution < 1.29 is 36.1 Å². The largest absolute Gasteiger partial charge is 2.00 e. The van der Waals surface area contributed by atoms with Gasteiger partial charge in [0.2, 0.25) is 0 Å². The van der Waals surface area contributed by atoms with E-state index in [-0.39, 0.29) is 46.0 Å². The molecule has 1 unspecified atom stereocenters. The molecule has 33 heavy (non-hydrogen) atoms. The molecular weight excluding hydrogens is 547 g/mol. The number of carboxylic acid groups (broad SMARTS) is 1. The second-order valence-electron chi connectivity index (χ2n) is 7.68. The van der Waals surface area contributed by atoms with Crippen LogP contribution in [0.1, 0.15) is 12.8 Å². The third-order valence-electron chi connectivity index (χ3n) is 5.53. The molecule has 0 bridgehead atoms. The van der Waals surface area contributed by atoms with E-state index in [0.717, 1.165) is 32.0 Å². The molecule has 5 nitrogen and oxygen atoms in total. The third kappa shape index (κ3) is 7.46. The van der Waals surface area contributed by atoms with Crippen molar-refractivity contribution in [3.8, 4) is 0 Å². The predicted octanol–water partition coefficient (Wildman–Crippen LogP) is 4.23. The van der Waals surface area contributed by atoms with Crippen LogP contribution in [0.5, 0.6) is 0 Å². The number of hydrogen-bond acceptors (Lipinski definition) is 4. The number of rotatable bonds is 1. The summed E-state index contributed by atoms with van der Waals surface area (Å²) in [6.45, 7) is 2.62. The average Bonchev–Trinajstić information content (AvgIpc) is 3.49. The number of aliphatic imine (C=N–C) groups is 1. The summed E-state index contributed by atoms with van der Waals surface area (Å²) in [5, 5.41) is 17.0. The Hall–Kier alpha value is -2.08. The maximum Gasteiger partial charge on any atom is 2.00 e. The molecule has 2 heterocycles. The van der Waals surface area contributed by atoms with E-state index in [9.17, 15) is 4.79 Å². The Morgan fingerprint density at radius 2 is 1.52 bits per heavy atom. The minimum absolute atomic E-state index is 0. The molecule has 4 aromatic rings. The Balaban J connectivity index is 0.000000174. The van der Waals surface area contributed by atoms with E-state index < -0.39 is 12.0 Å². The molecule has 2 N–H and O–H groups in total. The average molecular weight is 574 g/mol. The first kappa shape index (κ1) is 27.2. The van der Waals surface area contributed by atoms with Crippen molar-refractivity contribution in [2.45, 2.75) is 18.9 Å². The molecule has 7 heteroatoms. The number of fused-ring (bicyclic) bond motifs is 3. The van der Waals surface area contributed by atoms with Gasteiger partial charge in [0.25, 0.3) is 0 Å². The second-order valence-corrected chi connectivity index (χ2v) is 7.68. The zero-order chi connectivity index (χ0) is 21.5. The Bertz CT molecular complexity index is 1040. The van der Waals surface area contributed by atoms with Gasteiger partial charge >= 0.3 is 32.2 Å². The number of aliphatic carboxylic acids is 1. The monoisotopic (exact) mass is 572 g/mol. The van der Waals surface area contributed by atoms with Crippen molar-refractivity contribution in [1.29, 1.82) is 0 Å². The SMILES string of the molecule is O=C(O)C1CCN2CCCN=C2N1.[Ga].[Zr+2].c1ccc2[cH-]ccc2c1.c1ccc2[cH-]ccc2c1. The van der Waals surface area contributed by atoms with E-state index in [1.807, 2.05) is 0 Å². The fourth-order valence-electron chi connectivity index (χ4n) is 3.85. The van der Waals surface area contributed by atoms with Gasteiger partial charge in [-0.15, -0.1) is 59.3 Å². The molecule has 3 radical (unpaired) electrons. The fraction of sp³-hybridized carbons (Fsp3) is 0.231. The van der Waals surface area contributed by atoms with Crippen LogP contribution >= 0.6 is 0 Å². The van der Waals surface area contributed by atoms with Crippen molar-refractivity contribution >= 4 is 53.3 Å². The maximum atomic E-state index is 10.7. The van der Waals surface area contributed by atoms with Gasteiger partial charge in [-0.25, -0.2) is 4.79 Å². The van der Waals surface area contributed by atoms with Crippen molar-refractivity contribution in [2.75, 3.05) is 19.6 Å². The zero-order valence-corrected chi connectivity index (χ0v) is 23.4. The molecule has 0 aromatic heterocycles. The molecule has 165 valence electrons. The molecule has 4 aromatic carbocycles. The molecule has 0 spiro atoms. The molecule has 6 rings (SSSR count). The number of carbonyl (C=O) groups is 1. The molecule has 2 aliphatic heterocycles. The topological polar surface area (TPSA) is 64.9 Å². The van der Waals surface area contributed by atoms with E-state index in [2.05, 4.69) is 100 Å². The van der Waals surface area contributed by atoms with Gasteiger partial charge in [0.1, 0.15) is 6.04 Å². The minimum atomic E-state index is -0.784. The molecule has 0 aliphatic carbocycles. The van der Waals surface area contributed by atoms with Crippen LogP contribution in [0.25, 0.3) is 21.5 Å². The minimum Gasteiger partial charge on any atom is -0.480 e. The molecule has 1 atom stereocenters. The van der Waals surface area contributed by atoms with Crippen molar-refractivity contribution in [3.63, 3.8) is 0 Å². The van der Waals surface area contributed by atoms with Crippen LogP contribution < -0.4 is 5.32 Å².